The Hall–Kier alpha value is -2.80. The molecule has 2 aromatic rings. The van der Waals surface area contributed by atoms with Crippen LogP contribution in [0.4, 0.5) is 5.69 Å². The molecule has 3 rings (SSSR count). The third kappa shape index (κ3) is 3.88. The molecule has 0 bridgehead atoms. The van der Waals surface area contributed by atoms with Crippen molar-refractivity contribution < 1.29 is 23.9 Å². The molecule has 0 spiro atoms. The van der Waals surface area contributed by atoms with Gasteiger partial charge in [0.05, 0.1) is 0 Å². The Morgan fingerprint density at radius 1 is 1.19 bits per heavy atom. The first-order valence-electron chi connectivity index (χ1n) is 8.16. The maximum Gasteiger partial charge on any atom is 0.326 e. The summed E-state index contributed by atoms with van der Waals surface area (Å²) in [5.41, 5.74) is 0.714. The first kappa shape index (κ1) is 18.0. The van der Waals surface area contributed by atoms with Crippen molar-refractivity contribution in [3.05, 3.63) is 52.9 Å². The van der Waals surface area contributed by atoms with Gasteiger partial charge >= 0.3 is 5.97 Å². The predicted octanol–water partition coefficient (Wildman–Crippen LogP) is 3.26. The van der Waals surface area contributed by atoms with Crippen LogP contribution in [0.15, 0.2) is 40.8 Å². The van der Waals surface area contributed by atoms with Gasteiger partial charge in [-0.1, -0.05) is 6.07 Å². The molecule has 1 aromatic carbocycles. The Morgan fingerprint density at radius 3 is 2.69 bits per heavy atom. The number of furan rings is 1. The second kappa shape index (κ2) is 7.61. The normalized spacial score (nSPS) is 17.0. The summed E-state index contributed by atoms with van der Waals surface area (Å²) in [5, 5.41) is 12.1. The topological polar surface area (TPSA) is 99.9 Å². The van der Waals surface area contributed by atoms with Gasteiger partial charge in [-0.3, -0.25) is 9.59 Å². The number of carbonyl (C=O) groups is 3. The van der Waals surface area contributed by atoms with Crippen LogP contribution < -0.4 is 5.32 Å². The van der Waals surface area contributed by atoms with E-state index in [9.17, 15) is 19.5 Å². The van der Waals surface area contributed by atoms with Crippen molar-refractivity contribution in [2.45, 2.75) is 25.3 Å². The lowest BCUT2D eigenvalue weighted by atomic mass is 10.0. The third-order valence-corrected chi connectivity index (χ3v) is 4.42. The predicted molar refractivity (Wildman–Crippen MR) is 94.4 cm³/mol. The molecule has 1 aliphatic rings. The molecule has 1 aliphatic heterocycles. The zero-order chi connectivity index (χ0) is 18.7. The largest absolute Gasteiger partial charge is 0.480 e. The molecular weight excluding hydrogens is 360 g/mol. The molecule has 1 unspecified atom stereocenters. The summed E-state index contributed by atoms with van der Waals surface area (Å²) in [7, 11) is 0. The summed E-state index contributed by atoms with van der Waals surface area (Å²) < 4.78 is 5.04. The van der Waals surface area contributed by atoms with Crippen LogP contribution in [-0.2, 0) is 4.79 Å². The fourth-order valence-corrected chi connectivity index (χ4v) is 3.10. The Bertz CT molecular complexity index is 848. The Morgan fingerprint density at radius 2 is 2.00 bits per heavy atom. The molecule has 2 amide bonds. The average molecular weight is 377 g/mol. The van der Waals surface area contributed by atoms with Crippen LogP contribution in [0, 0.1) is 0 Å². The van der Waals surface area contributed by atoms with E-state index in [4.69, 9.17) is 16.0 Å². The van der Waals surface area contributed by atoms with E-state index in [-0.39, 0.29) is 16.9 Å². The number of nitrogens with zero attached hydrogens (tertiary/aromatic N) is 1. The van der Waals surface area contributed by atoms with Crippen molar-refractivity contribution in [1.82, 2.24) is 4.90 Å². The van der Waals surface area contributed by atoms with E-state index >= 15 is 0 Å². The van der Waals surface area contributed by atoms with Gasteiger partial charge in [0, 0.05) is 17.8 Å². The van der Waals surface area contributed by atoms with Crippen molar-refractivity contribution in [2.24, 2.45) is 0 Å². The molecule has 1 atom stereocenters. The molecule has 1 aromatic heterocycles. The number of halogens is 1. The smallest absolute Gasteiger partial charge is 0.326 e. The maximum atomic E-state index is 12.7. The number of rotatable bonds is 4. The standard InChI is InChI=1S/C18H17ClN2O5/c19-15-8-7-14(26-15)16(22)20-12-5-3-4-11(10-12)17(23)21-9-2-1-6-13(21)18(24)25/h3-5,7-8,10,13H,1-2,6,9H2,(H,20,22)(H,24,25). The van der Waals surface area contributed by atoms with Crippen molar-refractivity contribution in [3.8, 4) is 0 Å². The van der Waals surface area contributed by atoms with Crippen LogP contribution in [-0.4, -0.2) is 40.4 Å². The third-order valence-electron chi connectivity index (χ3n) is 4.21. The van der Waals surface area contributed by atoms with E-state index in [2.05, 4.69) is 5.32 Å². The highest BCUT2D eigenvalue weighted by Gasteiger charge is 2.32. The van der Waals surface area contributed by atoms with Crippen molar-refractivity contribution in [2.75, 3.05) is 11.9 Å². The van der Waals surface area contributed by atoms with E-state index in [1.165, 1.54) is 23.1 Å². The highest BCUT2D eigenvalue weighted by Crippen LogP contribution is 2.22. The zero-order valence-electron chi connectivity index (χ0n) is 13.8. The Balaban J connectivity index is 1.77. The van der Waals surface area contributed by atoms with E-state index < -0.39 is 17.9 Å². The number of amides is 2. The number of likely N-dealkylation sites (tertiary alicyclic amines) is 1. The van der Waals surface area contributed by atoms with Crippen LogP contribution in [0.5, 0.6) is 0 Å². The van der Waals surface area contributed by atoms with E-state index in [1.807, 2.05) is 0 Å². The zero-order valence-corrected chi connectivity index (χ0v) is 14.5. The molecule has 0 aliphatic carbocycles. The quantitative estimate of drug-likeness (QED) is 0.853. The van der Waals surface area contributed by atoms with Gasteiger partial charge in [0.1, 0.15) is 6.04 Å². The van der Waals surface area contributed by atoms with Gasteiger partial charge in [0.15, 0.2) is 11.0 Å². The fourth-order valence-electron chi connectivity index (χ4n) is 2.96. The molecule has 136 valence electrons. The molecule has 1 fully saturated rings. The van der Waals surface area contributed by atoms with E-state index in [0.717, 1.165) is 12.8 Å². The number of hydrogen-bond donors (Lipinski definition) is 2. The molecule has 0 radical (unpaired) electrons. The highest BCUT2D eigenvalue weighted by atomic mass is 35.5. The van der Waals surface area contributed by atoms with Gasteiger partial charge in [-0.05, 0) is 61.2 Å². The molecule has 2 heterocycles. The minimum atomic E-state index is -1.00. The summed E-state index contributed by atoms with van der Waals surface area (Å²) in [4.78, 5) is 37.6. The summed E-state index contributed by atoms with van der Waals surface area (Å²) in [6.45, 7) is 0.400. The molecular formula is C18H17ClN2O5. The number of carboxylic acids is 1. The second-order valence-electron chi connectivity index (χ2n) is 5.99. The van der Waals surface area contributed by atoms with E-state index in [0.29, 0.717) is 24.2 Å². The number of nitrogens with one attached hydrogen (secondary N) is 1. The summed E-state index contributed by atoms with van der Waals surface area (Å²) in [5.74, 6) is -1.82. The number of hydrogen-bond acceptors (Lipinski definition) is 4. The number of carboxylic acid groups (broad SMARTS) is 1. The lowest BCUT2D eigenvalue weighted by Gasteiger charge is -2.33. The first-order chi connectivity index (χ1) is 12.5. The maximum absolute atomic E-state index is 12.7. The molecule has 1 saturated heterocycles. The van der Waals surface area contributed by atoms with Gasteiger partial charge in [0.25, 0.3) is 11.8 Å². The lowest BCUT2D eigenvalue weighted by molar-refractivity contribution is -0.143. The molecule has 8 heteroatoms. The van der Waals surface area contributed by atoms with Gasteiger partial charge in [0.2, 0.25) is 0 Å². The van der Waals surface area contributed by atoms with Crippen LogP contribution in [0.2, 0.25) is 5.22 Å². The summed E-state index contributed by atoms with van der Waals surface area (Å²) >= 11 is 5.65. The minimum Gasteiger partial charge on any atom is -0.480 e. The van der Waals surface area contributed by atoms with Crippen LogP contribution in [0.1, 0.15) is 40.2 Å². The number of carbonyl (C=O) groups excluding carboxylic acids is 2. The molecule has 26 heavy (non-hydrogen) atoms. The number of piperidine rings is 1. The van der Waals surface area contributed by atoms with Gasteiger partial charge < -0.3 is 19.7 Å². The highest BCUT2D eigenvalue weighted by molar-refractivity contribution is 6.29. The van der Waals surface area contributed by atoms with Crippen LogP contribution >= 0.6 is 11.6 Å². The second-order valence-corrected chi connectivity index (χ2v) is 6.36. The number of benzene rings is 1. The van der Waals surface area contributed by atoms with Gasteiger partial charge in [-0.25, -0.2) is 4.79 Å². The van der Waals surface area contributed by atoms with Crippen LogP contribution in [0.25, 0.3) is 0 Å². The van der Waals surface area contributed by atoms with Gasteiger partial charge in [-0.15, -0.1) is 0 Å². The SMILES string of the molecule is O=C(Nc1cccc(C(=O)N2CCCCC2C(=O)O)c1)c1ccc(Cl)o1. The summed E-state index contributed by atoms with van der Waals surface area (Å²) in [6, 6.07) is 8.44. The Kier molecular flexibility index (Phi) is 5.27. The van der Waals surface area contributed by atoms with Crippen molar-refractivity contribution in [1.29, 1.82) is 0 Å². The summed E-state index contributed by atoms with van der Waals surface area (Å²) in [6.07, 6.45) is 1.99. The van der Waals surface area contributed by atoms with Crippen LogP contribution in [0.3, 0.4) is 0 Å². The lowest BCUT2D eigenvalue weighted by Crippen LogP contribution is -2.48. The van der Waals surface area contributed by atoms with Crippen molar-refractivity contribution >= 4 is 35.1 Å². The van der Waals surface area contributed by atoms with Gasteiger partial charge in [-0.2, -0.15) is 0 Å². The molecule has 0 saturated carbocycles. The van der Waals surface area contributed by atoms with Crippen molar-refractivity contribution in [3.63, 3.8) is 0 Å². The van der Waals surface area contributed by atoms with E-state index in [1.54, 1.807) is 18.2 Å². The first-order valence-corrected chi connectivity index (χ1v) is 8.54. The molecule has 2 N–H and O–H groups in total. The number of aliphatic carboxylic acids is 1. The fraction of sp³-hybridized carbons (Fsp3) is 0.278. The molecule has 7 nitrogen and oxygen atoms in total. The Labute approximate surface area is 154 Å². The minimum absolute atomic E-state index is 0.0497. The average Bonchev–Trinajstić information content (AvgIpc) is 3.08. The monoisotopic (exact) mass is 376 g/mol. The number of anilines is 1.